The lowest BCUT2D eigenvalue weighted by Gasteiger charge is -2.09. The number of rotatable bonds is 2. The molecular weight excluding hydrogens is 214 g/mol. The third kappa shape index (κ3) is 1.86. The lowest BCUT2D eigenvalue weighted by atomic mass is 10.1. The fourth-order valence-corrected chi connectivity index (χ4v) is 1.85. The molecule has 17 heavy (non-hydrogen) atoms. The van der Waals surface area contributed by atoms with Crippen molar-refractivity contribution in [2.24, 2.45) is 0 Å². The lowest BCUT2D eigenvalue weighted by molar-refractivity contribution is 0.101. The maximum atomic E-state index is 11.3. The minimum atomic E-state index is -0.0564. The predicted molar refractivity (Wildman–Crippen MR) is 65.6 cm³/mol. The van der Waals surface area contributed by atoms with Crippen molar-refractivity contribution in [2.45, 2.75) is 27.7 Å². The molecule has 1 heterocycles. The van der Waals surface area contributed by atoms with Crippen LogP contribution in [0.1, 0.15) is 34.2 Å². The number of carbonyl (C=O) groups is 1. The van der Waals surface area contributed by atoms with E-state index in [0.29, 0.717) is 5.69 Å². The number of hydrogen-bond donors (Lipinski definition) is 0. The van der Waals surface area contributed by atoms with Crippen LogP contribution in [0.3, 0.4) is 0 Å². The maximum absolute atomic E-state index is 11.3. The summed E-state index contributed by atoms with van der Waals surface area (Å²) < 4.78 is 1.72. The molecule has 0 spiro atoms. The fourth-order valence-electron chi connectivity index (χ4n) is 1.85. The monoisotopic (exact) mass is 229 g/mol. The minimum absolute atomic E-state index is 0.0564. The van der Waals surface area contributed by atoms with Crippen LogP contribution in [0.5, 0.6) is 0 Å². The number of carbonyl (C=O) groups excluding carboxylic acids is 1. The standard InChI is InChI=1S/C13H15N3O/c1-8-6-5-7-12(9(8)2)16-10(3)13(11(4)17)14-15-16/h5-7H,1-4H3. The smallest absolute Gasteiger partial charge is 0.181 e. The van der Waals surface area contributed by atoms with Gasteiger partial charge in [0.25, 0.3) is 0 Å². The van der Waals surface area contributed by atoms with Gasteiger partial charge < -0.3 is 0 Å². The molecule has 0 saturated heterocycles. The van der Waals surface area contributed by atoms with Gasteiger partial charge in [0.1, 0.15) is 0 Å². The van der Waals surface area contributed by atoms with Crippen LogP contribution in [-0.4, -0.2) is 20.8 Å². The molecule has 0 aliphatic heterocycles. The van der Waals surface area contributed by atoms with E-state index in [2.05, 4.69) is 23.3 Å². The van der Waals surface area contributed by atoms with Crippen molar-refractivity contribution in [3.05, 3.63) is 40.7 Å². The lowest BCUT2D eigenvalue weighted by Crippen LogP contribution is -2.03. The van der Waals surface area contributed by atoms with E-state index in [1.165, 1.54) is 12.5 Å². The summed E-state index contributed by atoms with van der Waals surface area (Å²) in [7, 11) is 0. The zero-order valence-electron chi connectivity index (χ0n) is 10.5. The normalized spacial score (nSPS) is 10.6. The molecule has 0 saturated carbocycles. The van der Waals surface area contributed by atoms with E-state index >= 15 is 0 Å². The van der Waals surface area contributed by atoms with Gasteiger partial charge in [0.2, 0.25) is 0 Å². The topological polar surface area (TPSA) is 47.8 Å². The first-order valence-electron chi connectivity index (χ1n) is 5.52. The Balaban J connectivity index is 2.62. The van der Waals surface area contributed by atoms with Gasteiger partial charge in [-0.3, -0.25) is 4.79 Å². The number of aromatic nitrogens is 3. The van der Waals surface area contributed by atoms with Crippen molar-refractivity contribution < 1.29 is 4.79 Å². The van der Waals surface area contributed by atoms with Crippen LogP contribution in [-0.2, 0) is 0 Å². The Morgan fingerprint density at radius 1 is 1.24 bits per heavy atom. The Kier molecular flexibility index (Phi) is 2.79. The third-order valence-electron chi connectivity index (χ3n) is 3.03. The molecule has 2 rings (SSSR count). The number of aryl methyl sites for hydroxylation is 1. The minimum Gasteiger partial charge on any atom is -0.293 e. The van der Waals surface area contributed by atoms with Crippen molar-refractivity contribution in [1.82, 2.24) is 15.0 Å². The quantitative estimate of drug-likeness (QED) is 0.743. The fraction of sp³-hybridized carbons (Fsp3) is 0.308. The molecule has 4 heteroatoms. The molecule has 0 unspecified atom stereocenters. The summed E-state index contributed by atoms with van der Waals surface area (Å²) in [5.41, 5.74) is 4.54. The average molecular weight is 229 g/mol. The van der Waals surface area contributed by atoms with Crippen molar-refractivity contribution in [1.29, 1.82) is 0 Å². The molecule has 4 nitrogen and oxygen atoms in total. The number of nitrogens with zero attached hydrogens (tertiary/aromatic N) is 3. The molecular formula is C13H15N3O. The summed E-state index contributed by atoms with van der Waals surface area (Å²) in [6.45, 7) is 7.46. The summed E-state index contributed by atoms with van der Waals surface area (Å²) in [5.74, 6) is -0.0564. The highest BCUT2D eigenvalue weighted by molar-refractivity contribution is 5.93. The molecule has 0 bridgehead atoms. The molecule has 88 valence electrons. The number of Topliss-reactive ketones (excluding diaryl/α,β-unsaturated/α-hetero) is 1. The molecule has 1 aromatic heterocycles. The molecule has 2 aromatic rings. The summed E-state index contributed by atoms with van der Waals surface area (Å²) in [4.78, 5) is 11.3. The molecule has 0 aliphatic rings. The number of hydrogen-bond acceptors (Lipinski definition) is 3. The van der Waals surface area contributed by atoms with Gasteiger partial charge >= 0.3 is 0 Å². The maximum Gasteiger partial charge on any atom is 0.181 e. The second-order valence-electron chi connectivity index (χ2n) is 4.21. The largest absolute Gasteiger partial charge is 0.293 e. The van der Waals surface area contributed by atoms with Gasteiger partial charge in [0.15, 0.2) is 11.5 Å². The van der Waals surface area contributed by atoms with E-state index in [1.807, 2.05) is 26.0 Å². The first-order valence-corrected chi connectivity index (χ1v) is 5.52. The Morgan fingerprint density at radius 3 is 2.53 bits per heavy atom. The highest BCUT2D eigenvalue weighted by Gasteiger charge is 2.14. The molecule has 0 fully saturated rings. The summed E-state index contributed by atoms with van der Waals surface area (Å²) in [6, 6.07) is 6.01. The van der Waals surface area contributed by atoms with E-state index in [0.717, 1.165) is 16.9 Å². The molecule has 0 N–H and O–H groups in total. The second-order valence-corrected chi connectivity index (χ2v) is 4.21. The van der Waals surface area contributed by atoms with Crippen molar-refractivity contribution in [3.8, 4) is 5.69 Å². The predicted octanol–water partition coefficient (Wildman–Crippen LogP) is 2.40. The van der Waals surface area contributed by atoms with E-state index in [-0.39, 0.29) is 5.78 Å². The van der Waals surface area contributed by atoms with Gasteiger partial charge in [0, 0.05) is 6.92 Å². The first kappa shape index (κ1) is 11.5. The number of benzene rings is 1. The SMILES string of the molecule is CC(=O)c1nnn(-c2cccc(C)c2C)c1C. The molecule has 0 atom stereocenters. The second kappa shape index (κ2) is 4.13. The summed E-state index contributed by atoms with van der Waals surface area (Å²) in [5, 5.41) is 7.98. The first-order chi connectivity index (χ1) is 8.02. The van der Waals surface area contributed by atoms with Gasteiger partial charge in [-0.05, 0) is 38.0 Å². The van der Waals surface area contributed by atoms with Crippen molar-refractivity contribution in [2.75, 3.05) is 0 Å². The average Bonchev–Trinajstić information content (AvgIpc) is 2.64. The molecule has 0 aliphatic carbocycles. The molecule has 0 radical (unpaired) electrons. The number of ketones is 1. The van der Waals surface area contributed by atoms with Crippen LogP contribution in [0.25, 0.3) is 5.69 Å². The van der Waals surface area contributed by atoms with Crippen LogP contribution in [0.2, 0.25) is 0 Å². The van der Waals surface area contributed by atoms with Crippen LogP contribution in [0, 0.1) is 20.8 Å². The van der Waals surface area contributed by atoms with Gasteiger partial charge in [0.05, 0.1) is 11.4 Å². The van der Waals surface area contributed by atoms with Gasteiger partial charge in [-0.2, -0.15) is 0 Å². The summed E-state index contributed by atoms with van der Waals surface area (Å²) >= 11 is 0. The highest BCUT2D eigenvalue weighted by atomic mass is 16.1. The van der Waals surface area contributed by atoms with Crippen LogP contribution in [0.4, 0.5) is 0 Å². The van der Waals surface area contributed by atoms with Gasteiger partial charge in [-0.1, -0.05) is 17.3 Å². The van der Waals surface area contributed by atoms with Crippen LogP contribution in [0.15, 0.2) is 18.2 Å². The van der Waals surface area contributed by atoms with Crippen molar-refractivity contribution in [3.63, 3.8) is 0 Å². The Labute approximate surface area is 100 Å². The molecule has 0 amide bonds. The Bertz CT molecular complexity index is 584. The zero-order valence-corrected chi connectivity index (χ0v) is 10.5. The summed E-state index contributed by atoms with van der Waals surface area (Å²) in [6.07, 6.45) is 0. The Hall–Kier alpha value is -1.97. The van der Waals surface area contributed by atoms with E-state index < -0.39 is 0 Å². The van der Waals surface area contributed by atoms with Crippen LogP contribution >= 0.6 is 0 Å². The molecule has 1 aromatic carbocycles. The van der Waals surface area contributed by atoms with Gasteiger partial charge in [-0.15, -0.1) is 5.10 Å². The van der Waals surface area contributed by atoms with Gasteiger partial charge in [-0.25, -0.2) is 4.68 Å². The third-order valence-corrected chi connectivity index (χ3v) is 3.03. The highest BCUT2D eigenvalue weighted by Crippen LogP contribution is 2.19. The van der Waals surface area contributed by atoms with E-state index in [9.17, 15) is 4.79 Å². The van der Waals surface area contributed by atoms with Crippen molar-refractivity contribution >= 4 is 5.78 Å². The Morgan fingerprint density at radius 2 is 1.94 bits per heavy atom. The zero-order chi connectivity index (χ0) is 12.6. The van der Waals surface area contributed by atoms with Crippen LogP contribution < -0.4 is 0 Å². The van der Waals surface area contributed by atoms with E-state index in [1.54, 1.807) is 4.68 Å². The van der Waals surface area contributed by atoms with E-state index in [4.69, 9.17) is 0 Å².